The van der Waals surface area contributed by atoms with Gasteiger partial charge in [-0.15, -0.1) is 0 Å². The quantitative estimate of drug-likeness (QED) is 0.618. The fraction of sp³-hybridized carbons (Fsp3) is 0.333. The van der Waals surface area contributed by atoms with Crippen molar-refractivity contribution in [2.24, 2.45) is 0 Å². The summed E-state index contributed by atoms with van der Waals surface area (Å²) < 4.78 is 10.8. The Morgan fingerprint density at radius 3 is 2.25 bits per heavy atom. The fourth-order valence-corrected chi connectivity index (χ4v) is 2.34. The summed E-state index contributed by atoms with van der Waals surface area (Å²) in [5, 5.41) is 1.17. The third kappa shape index (κ3) is 1.66. The van der Waals surface area contributed by atoms with Crippen LogP contribution in [0.15, 0.2) is 24.3 Å². The van der Waals surface area contributed by atoms with Crippen LogP contribution in [-0.4, -0.2) is 13.2 Å². The summed E-state index contributed by atoms with van der Waals surface area (Å²) in [5.74, 6) is 0. The average molecular weight is 182 g/mol. The van der Waals surface area contributed by atoms with Gasteiger partial charge in [-0.1, -0.05) is 17.7 Å². The van der Waals surface area contributed by atoms with E-state index in [0.717, 1.165) is 13.2 Å². The van der Waals surface area contributed by atoms with E-state index in [2.05, 4.69) is 31.2 Å². The van der Waals surface area contributed by atoms with E-state index >= 15 is 0 Å². The maximum Gasteiger partial charge on any atom is 0.205 e. The van der Waals surface area contributed by atoms with Crippen LogP contribution in [0.1, 0.15) is 5.56 Å². The van der Waals surface area contributed by atoms with Gasteiger partial charge in [0.15, 0.2) is 0 Å². The molecular formula is C9H11O2P. The first kappa shape index (κ1) is 8.18. The molecular weight excluding hydrogens is 171 g/mol. The van der Waals surface area contributed by atoms with Gasteiger partial charge in [-0.3, -0.25) is 0 Å². The van der Waals surface area contributed by atoms with Crippen molar-refractivity contribution in [3.8, 4) is 0 Å². The van der Waals surface area contributed by atoms with E-state index in [1.807, 2.05) is 0 Å². The van der Waals surface area contributed by atoms with E-state index in [1.54, 1.807) is 0 Å². The molecule has 0 unspecified atom stereocenters. The topological polar surface area (TPSA) is 18.5 Å². The Morgan fingerprint density at radius 1 is 1.08 bits per heavy atom. The maximum atomic E-state index is 5.42. The molecule has 2 nitrogen and oxygen atoms in total. The van der Waals surface area contributed by atoms with Gasteiger partial charge in [0.05, 0.1) is 13.2 Å². The second-order valence-electron chi connectivity index (χ2n) is 2.76. The van der Waals surface area contributed by atoms with E-state index < -0.39 is 8.38 Å². The summed E-state index contributed by atoms with van der Waals surface area (Å²) in [6, 6.07) is 8.32. The minimum atomic E-state index is -0.753. The Labute approximate surface area is 73.4 Å². The second kappa shape index (κ2) is 3.53. The minimum Gasteiger partial charge on any atom is -0.328 e. The highest BCUT2D eigenvalue weighted by atomic mass is 31.2. The molecule has 2 rings (SSSR count). The van der Waals surface area contributed by atoms with E-state index in [0.29, 0.717) is 0 Å². The predicted octanol–water partition coefficient (Wildman–Crippen LogP) is 1.98. The average Bonchev–Trinajstić information content (AvgIpc) is 2.58. The fourth-order valence-electron chi connectivity index (χ4n) is 1.09. The normalized spacial score (nSPS) is 18.4. The predicted molar refractivity (Wildman–Crippen MR) is 49.6 cm³/mol. The van der Waals surface area contributed by atoms with Gasteiger partial charge in [-0.05, 0) is 19.1 Å². The number of hydrogen-bond acceptors (Lipinski definition) is 2. The molecule has 12 heavy (non-hydrogen) atoms. The minimum absolute atomic E-state index is 0.736. The van der Waals surface area contributed by atoms with Gasteiger partial charge in [0, 0.05) is 5.30 Å². The van der Waals surface area contributed by atoms with Crippen LogP contribution < -0.4 is 5.30 Å². The molecule has 0 spiro atoms. The Hall–Kier alpha value is -0.430. The zero-order valence-electron chi connectivity index (χ0n) is 6.99. The van der Waals surface area contributed by atoms with Gasteiger partial charge in [0.2, 0.25) is 8.38 Å². The first-order valence-electron chi connectivity index (χ1n) is 3.99. The monoisotopic (exact) mass is 182 g/mol. The maximum absolute atomic E-state index is 5.42. The lowest BCUT2D eigenvalue weighted by atomic mass is 10.2. The van der Waals surface area contributed by atoms with Crippen LogP contribution in [0.2, 0.25) is 0 Å². The van der Waals surface area contributed by atoms with Crippen LogP contribution in [0.25, 0.3) is 0 Å². The molecule has 1 aliphatic heterocycles. The molecule has 0 amide bonds. The highest BCUT2D eigenvalue weighted by Crippen LogP contribution is 2.40. The molecule has 1 aromatic carbocycles. The Morgan fingerprint density at radius 2 is 1.67 bits per heavy atom. The lowest BCUT2D eigenvalue weighted by molar-refractivity contribution is 0.365. The zero-order valence-corrected chi connectivity index (χ0v) is 7.88. The number of benzene rings is 1. The van der Waals surface area contributed by atoms with Gasteiger partial charge in [0.1, 0.15) is 0 Å². The summed E-state index contributed by atoms with van der Waals surface area (Å²) in [6.45, 7) is 3.55. The summed E-state index contributed by atoms with van der Waals surface area (Å²) >= 11 is 0. The van der Waals surface area contributed by atoms with Crippen molar-refractivity contribution in [2.75, 3.05) is 13.2 Å². The Bertz CT molecular complexity index is 252. The molecule has 0 aliphatic carbocycles. The first-order valence-corrected chi connectivity index (χ1v) is 5.16. The van der Waals surface area contributed by atoms with Crippen molar-refractivity contribution < 1.29 is 9.05 Å². The second-order valence-corrected chi connectivity index (χ2v) is 4.31. The molecule has 3 heteroatoms. The molecule has 0 atom stereocenters. The van der Waals surface area contributed by atoms with E-state index in [9.17, 15) is 0 Å². The summed E-state index contributed by atoms with van der Waals surface area (Å²) in [5.41, 5.74) is 1.27. The summed E-state index contributed by atoms with van der Waals surface area (Å²) in [6.07, 6.45) is 0. The highest BCUT2D eigenvalue weighted by Gasteiger charge is 2.18. The van der Waals surface area contributed by atoms with Gasteiger partial charge in [-0.2, -0.15) is 0 Å². The van der Waals surface area contributed by atoms with Gasteiger partial charge in [-0.25, -0.2) is 0 Å². The van der Waals surface area contributed by atoms with Crippen molar-refractivity contribution in [3.63, 3.8) is 0 Å². The largest absolute Gasteiger partial charge is 0.328 e. The van der Waals surface area contributed by atoms with Crippen LogP contribution in [0.4, 0.5) is 0 Å². The molecule has 1 aromatic rings. The Kier molecular flexibility index (Phi) is 2.40. The van der Waals surface area contributed by atoms with E-state index in [4.69, 9.17) is 9.05 Å². The standard InChI is InChI=1S/C9H11O2P/c1-8-2-4-9(5-3-8)12-10-6-7-11-12/h2-5H,6-7H2,1H3. The molecule has 0 bridgehead atoms. The molecule has 64 valence electrons. The van der Waals surface area contributed by atoms with Crippen LogP contribution >= 0.6 is 8.38 Å². The molecule has 0 radical (unpaired) electrons. The third-order valence-electron chi connectivity index (χ3n) is 1.75. The smallest absolute Gasteiger partial charge is 0.205 e. The molecule has 1 heterocycles. The number of hydrogen-bond donors (Lipinski definition) is 0. The zero-order chi connectivity index (χ0) is 8.39. The van der Waals surface area contributed by atoms with Gasteiger partial charge >= 0.3 is 0 Å². The Balaban J connectivity index is 2.17. The SMILES string of the molecule is Cc1ccc(P2OCCO2)cc1. The van der Waals surface area contributed by atoms with Crippen molar-refractivity contribution in [1.82, 2.24) is 0 Å². The van der Waals surface area contributed by atoms with Crippen LogP contribution in [0.5, 0.6) is 0 Å². The molecule has 1 saturated heterocycles. The highest BCUT2D eigenvalue weighted by molar-refractivity contribution is 7.56. The van der Waals surface area contributed by atoms with Crippen molar-refractivity contribution in [2.45, 2.75) is 6.92 Å². The number of aryl methyl sites for hydroxylation is 1. The molecule has 0 N–H and O–H groups in total. The van der Waals surface area contributed by atoms with Gasteiger partial charge in [0.25, 0.3) is 0 Å². The summed E-state index contributed by atoms with van der Waals surface area (Å²) in [4.78, 5) is 0. The first-order chi connectivity index (χ1) is 5.86. The third-order valence-corrected chi connectivity index (χ3v) is 3.30. The molecule has 0 aromatic heterocycles. The van der Waals surface area contributed by atoms with Crippen molar-refractivity contribution >= 4 is 13.7 Å². The van der Waals surface area contributed by atoms with Crippen LogP contribution in [0, 0.1) is 6.92 Å². The molecule has 1 fully saturated rings. The molecule has 0 saturated carbocycles. The van der Waals surface area contributed by atoms with Crippen LogP contribution in [-0.2, 0) is 9.05 Å². The van der Waals surface area contributed by atoms with E-state index in [-0.39, 0.29) is 0 Å². The van der Waals surface area contributed by atoms with Crippen molar-refractivity contribution in [3.05, 3.63) is 29.8 Å². The van der Waals surface area contributed by atoms with E-state index in [1.165, 1.54) is 10.9 Å². The van der Waals surface area contributed by atoms with Crippen molar-refractivity contribution in [1.29, 1.82) is 0 Å². The lowest BCUT2D eigenvalue weighted by Gasteiger charge is -2.06. The van der Waals surface area contributed by atoms with Crippen LogP contribution in [0.3, 0.4) is 0 Å². The van der Waals surface area contributed by atoms with Gasteiger partial charge < -0.3 is 9.05 Å². The molecule has 1 aliphatic rings. The lowest BCUT2D eigenvalue weighted by Crippen LogP contribution is -1.99. The summed E-state index contributed by atoms with van der Waals surface area (Å²) in [7, 11) is -0.753. The number of rotatable bonds is 1.